The fraction of sp³-hybridized carbons (Fsp3) is 0.462. The van der Waals surface area contributed by atoms with E-state index in [1.807, 2.05) is 16.7 Å². The number of fused-ring (bicyclic) bond motifs is 1. The first kappa shape index (κ1) is 11.3. The predicted molar refractivity (Wildman–Crippen MR) is 67.6 cm³/mol. The van der Waals surface area contributed by atoms with Crippen LogP contribution >= 0.6 is 0 Å². The molecule has 0 radical (unpaired) electrons. The largest absolute Gasteiger partial charge is 0.298 e. The van der Waals surface area contributed by atoms with Crippen LogP contribution in [0.25, 0.3) is 5.65 Å². The molecule has 94 valence electrons. The van der Waals surface area contributed by atoms with E-state index in [1.54, 1.807) is 6.07 Å². The molecule has 0 amide bonds. The molecule has 0 spiro atoms. The number of carbonyl (C=O) groups is 1. The molecule has 1 fully saturated rings. The van der Waals surface area contributed by atoms with Gasteiger partial charge in [0.25, 0.3) is 0 Å². The first-order chi connectivity index (χ1) is 8.83. The standard InChI is InChI=1S/C13H16N4O/c1-2-16-7-3-4-11(16)13-15-14-12-6-5-10(9-18)8-17(12)13/h5-6,8-9,11H,2-4,7H2,1H3. The van der Waals surface area contributed by atoms with Crippen LogP contribution in [0.2, 0.25) is 0 Å². The Labute approximate surface area is 105 Å². The number of hydrogen-bond donors (Lipinski definition) is 0. The zero-order valence-corrected chi connectivity index (χ0v) is 10.4. The number of hydrogen-bond acceptors (Lipinski definition) is 4. The molecule has 18 heavy (non-hydrogen) atoms. The Morgan fingerprint density at radius 2 is 2.33 bits per heavy atom. The Kier molecular flexibility index (Phi) is 2.83. The summed E-state index contributed by atoms with van der Waals surface area (Å²) in [6.07, 6.45) is 4.99. The van der Waals surface area contributed by atoms with Crippen LogP contribution in [0, 0.1) is 0 Å². The summed E-state index contributed by atoms with van der Waals surface area (Å²) < 4.78 is 1.95. The molecular weight excluding hydrogens is 228 g/mol. The van der Waals surface area contributed by atoms with E-state index in [2.05, 4.69) is 22.0 Å². The van der Waals surface area contributed by atoms with E-state index in [0.29, 0.717) is 11.6 Å². The highest BCUT2D eigenvalue weighted by atomic mass is 16.1. The Hall–Kier alpha value is -1.75. The van der Waals surface area contributed by atoms with Crippen molar-refractivity contribution in [1.29, 1.82) is 0 Å². The second-order valence-corrected chi connectivity index (χ2v) is 4.65. The molecular formula is C13H16N4O. The number of rotatable bonds is 3. The topological polar surface area (TPSA) is 50.5 Å². The Bertz CT molecular complexity index is 577. The minimum absolute atomic E-state index is 0.326. The lowest BCUT2D eigenvalue weighted by Gasteiger charge is -2.20. The molecule has 5 nitrogen and oxygen atoms in total. The Morgan fingerprint density at radius 1 is 1.44 bits per heavy atom. The van der Waals surface area contributed by atoms with Crippen molar-refractivity contribution >= 4 is 11.9 Å². The van der Waals surface area contributed by atoms with Crippen molar-refractivity contribution in [3.05, 3.63) is 29.7 Å². The van der Waals surface area contributed by atoms with Crippen LogP contribution in [-0.2, 0) is 0 Å². The maximum Gasteiger partial charge on any atom is 0.160 e. The maximum atomic E-state index is 10.9. The van der Waals surface area contributed by atoms with E-state index in [0.717, 1.165) is 37.3 Å². The van der Waals surface area contributed by atoms with Crippen molar-refractivity contribution in [1.82, 2.24) is 19.5 Å². The molecule has 3 heterocycles. The van der Waals surface area contributed by atoms with Crippen molar-refractivity contribution in [2.75, 3.05) is 13.1 Å². The van der Waals surface area contributed by atoms with Gasteiger partial charge in [-0.25, -0.2) is 0 Å². The van der Waals surface area contributed by atoms with Crippen LogP contribution in [0.5, 0.6) is 0 Å². The van der Waals surface area contributed by atoms with Crippen molar-refractivity contribution in [2.45, 2.75) is 25.8 Å². The summed E-state index contributed by atoms with van der Waals surface area (Å²) in [7, 11) is 0. The molecule has 0 saturated carbocycles. The van der Waals surface area contributed by atoms with Gasteiger partial charge in [0, 0.05) is 11.8 Å². The van der Waals surface area contributed by atoms with Crippen LogP contribution in [0.15, 0.2) is 18.3 Å². The quantitative estimate of drug-likeness (QED) is 0.771. The van der Waals surface area contributed by atoms with Crippen LogP contribution in [0.1, 0.15) is 42.0 Å². The van der Waals surface area contributed by atoms with Gasteiger partial charge in [0.05, 0.1) is 6.04 Å². The third-order valence-electron chi connectivity index (χ3n) is 3.66. The lowest BCUT2D eigenvalue weighted by molar-refractivity contribution is 0.112. The van der Waals surface area contributed by atoms with E-state index in [-0.39, 0.29) is 0 Å². The monoisotopic (exact) mass is 244 g/mol. The molecule has 1 atom stereocenters. The molecule has 5 heteroatoms. The third-order valence-corrected chi connectivity index (χ3v) is 3.66. The van der Waals surface area contributed by atoms with Crippen molar-refractivity contribution in [2.24, 2.45) is 0 Å². The van der Waals surface area contributed by atoms with Gasteiger partial charge in [0.1, 0.15) is 0 Å². The summed E-state index contributed by atoms with van der Waals surface area (Å²) in [5.74, 6) is 0.952. The van der Waals surface area contributed by atoms with Gasteiger partial charge in [0.15, 0.2) is 17.8 Å². The number of aromatic nitrogens is 3. The highest BCUT2D eigenvalue weighted by molar-refractivity contribution is 5.74. The van der Waals surface area contributed by atoms with Crippen LogP contribution in [-0.4, -0.2) is 38.9 Å². The van der Waals surface area contributed by atoms with Gasteiger partial charge in [0.2, 0.25) is 0 Å². The Morgan fingerprint density at radius 3 is 3.11 bits per heavy atom. The molecule has 3 rings (SSSR count). The maximum absolute atomic E-state index is 10.9. The number of nitrogens with zero attached hydrogens (tertiary/aromatic N) is 4. The molecule has 1 aliphatic rings. The second kappa shape index (κ2) is 4.49. The van der Waals surface area contributed by atoms with Crippen LogP contribution in [0.3, 0.4) is 0 Å². The van der Waals surface area contributed by atoms with E-state index < -0.39 is 0 Å². The summed E-state index contributed by atoms with van der Waals surface area (Å²) in [5, 5.41) is 8.48. The molecule has 0 bridgehead atoms. The number of pyridine rings is 1. The van der Waals surface area contributed by atoms with E-state index in [9.17, 15) is 4.79 Å². The van der Waals surface area contributed by atoms with Crippen LogP contribution in [0.4, 0.5) is 0 Å². The lowest BCUT2D eigenvalue weighted by Crippen LogP contribution is -2.24. The van der Waals surface area contributed by atoms with E-state index in [1.165, 1.54) is 6.42 Å². The van der Waals surface area contributed by atoms with Crippen molar-refractivity contribution in [3.8, 4) is 0 Å². The highest BCUT2D eigenvalue weighted by Gasteiger charge is 2.28. The van der Waals surface area contributed by atoms with Gasteiger partial charge in [-0.1, -0.05) is 6.92 Å². The number of carbonyl (C=O) groups excluding carboxylic acids is 1. The predicted octanol–water partition coefficient (Wildman–Crippen LogP) is 1.70. The molecule has 0 N–H and O–H groups in total. The zero-order valence-electron chi connectivity index (χ0n) is 10.4. The van der Waals surface area contributed by atoms with Gasteiger partial charge in [-0.05, 0) is 38.1 Å². The molecule has 0 aliphatic carbocycles. The minimum Gasteiger partial charge on any atom is -0.298 e. The lowest BCUT2D eigenvalue weighted by atomic mass is 10.2. The SMILES string of the molecule is CCN1CCCC1c1nnc2ccc(C=O)cn12. The number of likely N-dealkylation sites (tertiary alicyclic amines) is 1. The summed E-state index contributed by atoms with van der Waals surface area (Å²) >= 11 is 0. The molecule has 1 unspecified atom stereocenters. The first-order valence-corrected chi connectivity index (χ1v) is 6.37. The first-order valence-electron chi connectivity index (χ1n) is 6.37. The van der Waals surface area contributed by atoms with E-state index >= 15 is 0 Å². The Balaban J connectivity index is 2.08. The van der Waals surface area contributed by atoms with Gasteiger partial charge < -0.3 is 0 Å². The van der Waals surface area contributed by atoms with Gasteiger partial charge >= 0.3 is 0 Å². The molecule has 2 aromatic heterocycles. The van der Waals surface area contributed by atoms with Crippen molar-refractivity contribution in [3.63, 3.8) is 0 Å². The average Bonchev–Trinajstić information content (AvgIpc) is 3.03. The molecule has 1 aliphatic heterocycles. The second-order valence-electron chi connectivity index (χ2n) is 4.65. The molecule has 2 aromatic rings. The molecule has 0 aromatic carbocycles. The van der Waals surface area contributed by atoms with Crippen LogP contribution < -0.4 is 0 Å². The van der Waals surface area contributed by atoms with Gasteiger partial charge in [-0.15, -0.1) is 10.2 Å². The highest BCUT2D eigenvalue weighted by Crippen LogP contribution is 2.30. The van der Waals surface area contributed by atoms with Crippen molar-refractivity contribution < 1.29 is 4.79 Å². The average molecular weight is 244 g/mol. The van der Waals surface area contributed by atoms with Gasteiger partial charge in [-0.2, -0.15) is 0 Å². The zero-order chi connectivity index (χ0) is 12.5. The van der Waals surface area contributed by atoms with E-state index in [4.69, 9.17) is 0 Å². The fourth-order valence-corrected chi connectivity index (χ4v) is 2.72. The smallest absolute Gasteiger partial charge is 0.160 e. The summed E-state index contributed by atoms with van der Waals surface area (Å²) in [4.78, 5) is 13.3. The fourth-order valence-electron chi connectivity index (χ4n) is 2.72. The third kappa shape index (κ3) is 1.71. The van der Waals surface area contributed by atoms with Gasteiger partial charge in [-0.3, -0.25) is 14.1 Å². The number of aldehydes is 1. The summed E-state index contributed by atoms with van der Waals surface area (Å²) in [6, 6.07) is 3.94. The minimum atomic E-state index is 0.326. The summed E-state index contributed by atoms with van der Waals surface area (Å²) in [6.45, 7) is 4.30. The summed E-state index contributed by atoms with van der Waals surface area (Å²) in [5.41, 5.74) is 1.46. The molecule has 1 saturated heterocycles. The normalized spacial score (nSPS) is 20.6.